The normalized spacial score (nSPS) is 15.2. The molecule has 1 saturated heterocycles. The van der Waals surface area contributed by atoms with Gasteiger partial charge in [0.05, 0.1) is 17.2 Å². The van der Waals surface area contributed by atoms with Crippen molar-refractivity contribution in [2.75, 3.05) is 33.3 Å². The second-order valence-corrected chi connectivity index (χ2v) is 6.86. The minimum Gasteiger partial charge on any atom is -0.497 e. The highest BCUT2D eigenvalue weighted by Gasteiger charge is 2.22. The molecule has 0 unspecified atom stereocenters. The molecule has 0 aliphatic carbocycles. The molecule has 0 radical (unpaired) electrons. The lowest BCUT2D eigenvalue weighted by Crippen LogP contribution is -2.48. The highest BCUT2D eigenvalue weighted by atomic mass is 35.5. The number of benzene rings is 2. The Hall–Kier alpha value is -1.75. The van der Waals surface area contributed by atoms with Crippen molar-refractivity contribution in [3.05, 3.63) is 63.6 Å². The first-order valence-electron chi connectivity index (χ1n) is 8.16. The van der Waals surface area contributed by atoms with E-state index in [1.54, 1.807) is 13.2 Å². The Balaban J connectivity index is 1.57. The van der Waals surface area contributed by atoms with E-state index in [0.717, 1.165) is 25.2 Å². The number of nitrogens with zero attached hydrogens (tertiary/aromatic N) is 2. The Bertz CT molecular complexity index is 759. The number of ether oxygens (including phenoxy) is 1. The molecule has 1 fully saturated rings. The Morgan fingerprint density at radius 2 is 1.80 bits per heavy atom. The molecule has 1 aliphatic heterocycles. The van der Waals surface area contributed by atoms with Gasteiger partial charge in [0.2, 0.25) is 0 Å². The monoisotopic (exact) mass is 378 g/mol. The minimum absolute atomic E-state index is 0.0492. The maximum Gasteiger partial charge on any atom is 0.254 e. The largest absolute Gasteiger partial charge is 0.497 e. The molecule has 0 aromatic heterocycles. The fourth-order valence-electron chi connectivity index (χ4n) is 2.94. The molecule has 2 aromatic carbocycles. The zero-order valence-electron chi connectivity index (χ0n) is 14.0. The Kier molecular flexibility index (Phi) is 5.84. The van der Waals surface area contributed by atoms with Crippen LogP contribution >= 0.6 is 23.2 Å². The molecular formula is C19H20Cl2N2O2. The molecule has 0 bridgehead atoms. The average molecular weight is 379 g/mol. The zero-order valence-corrected chi connectivity index (χ0v) is 15.6. The summed E-state index contributed by atoms with van der Waals surface area (Å²) in [6.45, 7) is 3.87. The number of amides is 1. The molecule has 3 rings (SSSR count). The first kappa shape index (κ1) is 18.1. The van der Waals surface area contributed by atoms with Crippen LogP contribution in [0.1, 0.15) is 15.9 Å². The molecule has 1 amide bonds. The van der Waals surface area contributed by atoms with Gasteiger partial charge in [-0.15, -0.1) is 0 Å². The van der Waals surface area contributed by atoms with Gasteiger partial charge in [-0.1, -0.05) is 35.3 Å². The fourth-order valence-corrected chi connectivity index (χ4v) is 3.26. The van der Waals surface area contributed by atoms with Crippen LogP contribution in [0.2, 0.25) is 10.0 Å². The summed E-state index contributed by atoms with van der Waals surface area (Å²) >= 11 is 12.0. The SMILES string of the molecule is COc1cccc(C(=O)N2CCN(Cc3ccc(Cl)c(Cl)c3)CC2)c1. The van der Waals surface area contributed by atoms with Crippen LogP contribution in [0.15, 0.2) is 42.5 Å². The van der Waals surface area contributed by atoms with Gasteiger partial charge < -0.3 is 9.64 Å². The summed E-state index contributed by atoms with van der Waals surface area (Å²) in [4.78, 5) is 16.8. The molecule has 0 saturated carbocycles. The third kappa shape index (κ3) is 4.46. The summed E-state index contributed by atoms with van der Waals surface area (Å²) in [6, 6.07) is 13.0. The van der Waals surface area contributed by atoms with Gasteiger partial charge >= 0.3 is 0 Å². The van der Waals surface area contributed by atoms with E-state index >= 15 is 0 Å². The topological polar surface area (TPSA) is 32.8 Å². The summed E-state index contributed by atoms with van der Waals surface area (Å²) in [5.74, 6) is 0.747. The van der Waals surface area contributed by atoms with E-state index < -0.39 is 0 Å². The predicted molar refractivity (Wildman–Crippen MR) is 101 cm³/mol. The lowest BCUT2D eigenvalue weighted by Gasteiger charge is -2.34. The predicted octanol–water partition coefficient (Wildman–Crippen LogP) is 3.96. The number of piperazine rings is 1. The van der Waals surface area contributed by atoms with Crippen LogP contribution in [0.3, 0.4) is 0 Å². The van der Waals surface area contributed by atoms with Gasteiger partial charge in [0.25, 0.3) is 5.91 Å². The van der Waals surface area contributed by atoms with E-state index in [1.165, 1.54) is 0 Å². The van der Waals surface area contributed by atoms with Gasteiger partial charge in [0.1, 0.15) is 5.75 Å². The van der Waals surface area contributed by atoms with E-state index in [9.17, 15) is 4.79 Å². The van der Waals surface area contributed by atoms with Crippen LogP contribution < -0.4 is 4.74 Å². The van der Waals surface area contributed by atoms with Crippen molar-refractivity contribution in [1.82, 2.24) is 9.80 Å². The van der Waals surface area contributed by atoms with Crippen molar-refractivity contribution >= 4 is 29.1 Å². The smallest absolute Gasteiger partial charge is 0.254 e. The molecule has 4 nitrogen and oxygen atoms in total. The summed E-state index contributed by atoms with van der Waals surface area (Å²) in [7, 11) is 1.60. The van der Waals surface area contributed by atoms with E-state index in [0.29, 0.717) is 34.4 Å². The quantitative estimate of drug-likeness (QED) is 0.806. The van der Waals surface area contributed by atoms with Gasteiger partial charge in [-0.25, -0.2) is 0 Å². The highest BCUT2D eigenvalue weighted by Crippen LogP contribution is 2.23. The highest BCUT2D eigenvalue weighted by molar-refractivity contribution is 6.42. The third-order valence-corrected chi connectivity index (χ3v) is 5.11. The molecular weight excluding hydrogens is 359 g/mol. The number of methoxy groups -OCH3 is 1. The van der Waals surface area contributed by atoms with Crippen molar-refractivity contribution in [2.24, 2.45) is 0 Å². The molecule has 1 aliphatic rings. The van der Waals surface area contributed by atoms with Crippen LogP contribution in [0.25, 0.3) is 0 Å². The van der Waals surface area contributed by atoms with Crippen molar-refractivity contribution in [1.29, 1.82) is 0 Å². The lowest BCUT2D eigenvalue weighted by atomic mass is 10.1. The van der Waals surface area contributed by atoms with E-state index in [4.69, 9.17) is 27.9 Å². The molecule has 2 aromatic rings. The number of carbonyl (C=O) groups is 1. The van der Waals surface area contributed by atoms with Crippen molar-refractivity contribution in [2.45, 2.75) is 6.54 Å². The molecule has 6 heteroatoms. The van der Waals surface area contributed by atoms with Gasteiger partial charge in [0, 0.05) is 38.3 Å². The Labute approximate surface area is 157 Å². The molecule has 132 valence electrons. The standard InChI is InChI=1S/C19H20Cl2N2O2/c1-25-16-4-2-3-15(12-16)19(24)23-9-7-22(8-10-23)13-14-5-6-17(20)18(21)11-14/h2-6,11-12H,7-10,13H2,1H3. The number of hydrogen-bond acceptors (Lipinski definition) is 3. The van der Waals surface area contributed by atoms with E-state index in [-0.39, 0.29) is 5.91 Å². The van der Waals surface area contributed by atoms with E-state index in [2.05, 4.69) is 4.90 Å². The minimum atomic E-state index is 0.0492. The molecule has 0 spiro atoms. The number of hydrogen-bond donors (Lipinski definition) is 0. The Morgan fingerprint density at radius 3 is 2.48 bits per heavy atom. The molecule has 0 N–H and O–H groups in total. The van der Waals surface area contributed by atoms with Crippen molar-refractivity contribution in [3.8, 4) is 5.75 Å². The van der Waals surface area contributed by atoms with Gasteiger partial charge in [-0.2, -0.15) is 0 Å². The maximum atomic E-state index is 12.6. The Morgan fingerprint density at radius 1 is 1.04 bits per heavy atom. The van der Waals surface area contributed by atoms with Crippen LogP contribution in [-0.2, 0) is 6.54 Å². The first-order valence-corrected chi connectivity index (χ1v) is 8.92. The molecule has 1 heterocycles. The number of halogens is 2. The third-order valence-electron chi connectivity index (χ3n) is 4.37. The second-order valence-electron chi connectivity index (χ2n) is 6.05. The number of rotatable bonds is 4. The molecule has 25 heavy (non-hydrogen) atoms. The average Bonchev–Trinajstić information content (AvgIpc) is 2.65. The van der Waals surface area contributed by atoms with Crippen LogP contribution in [0, 0.1) is 0 Å². The summed E-state index contributed by atoms with van der Waals surface area (Å²) in [6.07, 6.45) is 0. The van der Waals surface area contributed by atoms with Gasteiger partial charge in [-0.3, -0.25) is 9.69 Å². The van der Waals surface area contributed by atoms with Crippen molar-refractivity contribution < 1.29 is 9.53 Å². The van der Waals surface area contributed by atoms with Gasteiger partial charge in [0.15, 0.2) is 0 Å². The number of carbonyl (C=O) groups excluding carboxylic acids is 1. The fraction of sp³-hybridized carbons (Fsp3) is 0.316. The van der Waals surface area contributed by atoms with Crippen LogP contribution in [-0.4, -0.2) is 49.0 Å². The maximum absolute atomic E-state index is 12.6. The van der Waals surface area contributed by atoms with Crippen molar-refractivity contribution in [3.63, 3.8) is 0 Å². The summed E-state index contributed by atoms with van der Waals surface area (Å²) < 4.78 is 5.19. The first-order chi connectivity index (χ1) is 12.1. The van der Waals surface area contributed by atoms with Crippen LogP contribution in [0.5, 0.6) is 5.75 Å². The summed E-state index contributed by atoms with van der Waals surface area (Å²) in [5, 5.41) is 1.14. The molecule has 0 atom stereocenters. The van der Waals surface area contributed by atoms with Crippen LogP contribution in [0.4, 0.5) is 0 Å². The second kappa shape index (κ2) is 8.09. The lowest BCUT2D eigenvalue weighted by molar-refractivity contribution is 0.0628. The zero-order chi connectivity index (χ0) is 17.8. The summed E-state index contributed by atoms with van der Waals surface area (Å²) in [5.41, 5.74) is 1.79. The van der Waals surface area contributed by atoms with Gasteiger partial charge in [-0.05, 0) is 35.9 Å². The van der Waals surface area contributed by atoms with E-state index in [1.807, 2.05) is 41.3 Å².